The number of hydrogen-bond donors (Lipinski definition) is 3. The summed E-state index contributed by atoms with van der Waals surface area (Å²) in [4.78, 5) is 70.3. The Morgan fingerprint density at radius 3 is 2.33 bits per heavy atom. The molecule has 11 nitrogen and oxygen atoms in total. The van der Waals surface area contributed by atoms with Gasteiger partial charge in [0.1, 0.15) is 11.5 Å². The van der Waals surface area contributed by atoms with Gasteiger partial charge in [0.25, 0.3) is 5.91 Å². The number of benzene rings is 3. The van der Waals surface area contributed by atoms with Gasteiger partial charge in [0.15, 0.2) is 6.61 Å². The minimum absolute atomic E-state index is 0.0287. The number of amides is 3. The molecule has 2 saturated carbocycles. The van der Waals surface area contributed by atoms with Crippen LogP contribution in [0.2, 0.25) is 0 Å². The summed E-state index contributed by atoms with van der Waals surface area (Å²) in [5.74, 6) is -1.73. The summed E-state index contributed by atoms with van der Waals surface area (Å²) in [6.45, 7) is 1.77. The minimum Gasteiger partial charge on any atom is -0.508 e. The van der Waals surface area contributed by atoms with Crippen molar-refractivity contribution in [2.75, 3.05) is 23.4 Å². The number of phenols is 1. The van der Waals surface area contributed by atoms with Gasteiger partial charge in [-0.3, -0.25) is 24.1 Å². The number of ether oxygens (including phenoxy) is 2. The summed E-state index contributed by atoms with van der Waals surface area (Å²) >= 11 is 2.81. The van der Waals surface area contributed by atoms with Crippen LogP contribution in [0.4, 0.5) is 11.4 Å². The van der Waals surface area contributed by atoms with Crippen molar-refractivity contribution in [1.82, 2.24) is 4.98 Å². The largest absolute Gasteiger partial charge is 0.508 e. The van der Waals surface area contributed by atoms with Crippen molar-refractivity contribution in [2.45, 2.75) is 29.5 Å². The number of aromatic nitrogens is 1. The molecule has 3 aromatic carbocycles. The number of fused-ring (bicyclic) bond motifs is 9. The Kier molecular flexibility index (Phi) is 7.83. The molecule has 2 aliphatic carbocycles. The fourth-order valence-corrected chi connectivity index (χ4v) is 11.2. The van der Waals surface area contributed by atoms with Gasteiger partial charge in [0.05, 0.1) is 34.7 Å². The molecule has 7 atom stereocenters. The highest BCUT2D eigenvalue weighted by molar-refractivity contribution is 8.00. The number of anilines is 2. The lowest BCUT2D eigenvalue weighted by molar-refractivity contribution is -0.123. The molecule has 0 radical (unpaired) electrons. The second-order valence-electron chi connectivity index (χ2n) is 12.7. The van der Waals surface area contributed by atoms with Gasteiger partial charge in [-0.15, -0.1) is 11.8 Å². The van der Waals surface area contributed by atoms with Crippen LogP contribution < -0.4 is 19.8 Å². The van der Waals surface area contributed by atoms with Crippen LogP contribution in [0.1, 0.15) is 40.1 Å². The van der Waals surface area contributed by atoms with Crippen molar-refractivity contribution in [1.29, 1.82) is 0 Å². The number of hydrogen-bond acceptors (Lipinski definition) is 10. The summed E-state index contributed by atoms with van der Waals surface area (Å²) in [6, 6.07) is 20.0. The van der Waals surface area contributed by atoms with E-state index in [0.717, 1.165) is 21.9 Å². The first kappa shape index (κ1) is 31.4. The number of rotatable bonds is 8. The molecular weight excluding hydrogens is 667 g/mol. The second-order valence-corrected chi connectivity index (χ2v) is 14.9. The van der Waals surface area contributed by atoms with Crippen LogP contribution in [0.3, 0.4) is 0 Å². The van der Waals surface area contributed by atoms with Gasteiger partial charge >= 0.3 is 10.8 Å². The van der Waals surface area contributed by atoms with E-state index in [4.69, 9.17) is 9.47 Å². The van der Waals surface area contributed by atoms with E-state index < -0.39 is 17.8 Å². The molecule has 250 valence electrons. The first-order valence-electron chi connectivity index (χ1n) is 16.1. The van der Waals surface area contributed by atoms with Crippen LogP contribution in [0, 0.1) is 29.6 Å². The summed E-state index contributed by atoms with van der Waals surface area (Å²) in [5, 5.41) is 13.0. The first-order chi connectivity index (χ1) is 23.7. The van der Waals surface area contributed by atoms with Crippen molar-refractivity contribution in [3.05, 3.63) is 98.5 Å². The summed E-state index contributed by atoms with van der Waals surface area (Å²) < 4.78 is 10.8. The SMILES string of the molecule is CCOC(=O)c1ccc(N2C(=O)C3C4CC(C3C2=O)C2C4Sc3[nH]c(=O)sc3[C@@H]2c2ccc(OCC(=O)Nc3ccc(O)cc3)cc2)cc1. The molecule has 3 fully saturated rings. The highest BCUT2D eigenvalue weighted by Crippen LogP contribution is 2.68. The first-order valence-corrected chi connectivity index (χ1v) is 17.8. The summed E-state index contributed by atoms with van der Waals surface area (Å²) in [7, 11) is 0. The average Bonchev–Trinajstić information content (AvgIpc) is 3.84. The number of thioether (sulfide) groups is 1. The second kappa shape index (κ2) is 12.2. The van der Waals surface area contributed by atoms with Gasteiger partial charge in [-0.2, -0.15) is 0 Å². The van der Waals surface area contributed by atoms with Crippen molar-refractivity contribution in [3.8, 4) is 11.5 Å². The Morgan fingerprint density at radius 2 is 1.63 bits per heavy atom. The molecule has 4 aromatic rings. The maximum Gasteiger partial charge on any atom is 0.338 e. The van der Waals surface area contributed by atoms with E-state index in [1.54, 1.807) is 67.2 Å². The van der Waals surface area contributed by atoms with Crippen molar-refractivity contribution >= 4 is 58.2 Å². The smallest absolute Gasteiger partial charge is 0.338 e. The number of carbonyl (C=O) groups is 4. The Morgan fingerprint density at radius 1 is 0.939 bits per heavy atom. The lowest BCUT2D eigenvalue weighted by Crippen LogP contribution is -2.42. The highest BCUT2D eigenvalue weighted by atomic mass is 32.2. The predicted molar refractivity (Wildman–Crippen MR) is 182 cm³/mol. The molecule has 13 heteroatoms. The number of H-pyrrole nitrogens is 1. The van der Waals surface area contributed by atoms with Crippen molar-refractivity contribution in [3.63, 3.8) is 0 Å². The van der Waals surface area contributed by atoms with E-state index in [9.17, 15) is 29.1 Å². The predicted octanol–water partition coefficient (Wildman–Crippen LogP) is 5.01. The number of thiazole rings is 1. The van der Waals surface area contributed by atoms with E-state index in [1.165, 1.54) is 28.4 Å². The quantitative estimate of drug-likeness (QED) is 0.131. The van der Waals surface area contributed by atoms with Gasteiger partial charge in [-0.25, -0.2) is 4.79 Å². The molecular formula is C36H31N3O8S2. The molecule has 6 unspecified atom stereocenters. The number of esters is 1. The van der Waals surface area contributed by atoms with Gasteiger partial charge in [-0.1, -0.05) is 23.5 Å². The standard InChI is InChI=1S/C36H31N3O8S2/c1-2-46-35(44)18-3-9-20(10-4-18)39-33(42)28-23-15-24(29(28)34(39)43)30-27(23)26(31-32(48-30)38-36(45)49-31)17-5-13-22(14-6-17)47-16-25(41)37-19-7-11-21(40)12-8-19/h3-14,23-24,26-30,40H,2,15-16H2,1H3,(H,37,41)(H,38,45)/t23?,24?,26-,27?,28?,29?,30?/m1/s1. The van der Waals surface area contributed by atoms with Crippen molar-refractivity contribution < 1.29 is 33.8 Å². The minimum atomic E-state index is -0.462. The highest BCUT2D eigenvalue weighted by Gasteiger charge is 2.69. The Hall–Kier alpha value is -4.88. The van der Waals surface area contributed by atoms with E-state index in [0.29, 0.717) is 22.7 Å². The fourth-order valence-electron chi connectivity index (χ4n) is 8.27. The molecule has 0 spiro atoms. The van der Waals surface area contributed by atoms with Crippen LogP contribution in [-0.2, 0) is 19.1 Å². The van der Waals surface area contributed by atoms with Crippen LogP contribution in [-0.4, -0.2) is 52.2 Å². The maximum absolute atomic E-state index is 14.1. The molecule has 3 amide bonds. The fraction of sp³-hybridized carbons (Fsp3) is 0.306. The number of aromatic amines is 1. The van der Waals surface area contributed by atoms with Gasteiger partial charge in [-0.05, 0) is 97.3 Å². The number of nitrogens with one attached hydrogen (secondary N) is 2. The Labute approximate surface area is 288 Å². The molecule has 1 saturated heterocycles. The zero-order valence-electron chi connectivity index (χ0n) is 26.2. The topological polar surface area (TPSA) is 155 Å². The lowest BCUT2D eigenvalue weighted by Gasteiger charge is -2.43. The van der Waals surface area contributed by atoms with Crippen LogP contribution >= 0.6 is 23.1 Å². The van der Waals surface area contributed by atoms with Crippen LogP contribution in [0.25, 0.3) is 0 Å². The molecule has 4 aliphatic rings. The van der Waals surface area contributed by atoms with E-state index in [2.05, 4.69) is 10.3 Å². The molecule has 2 bridgehead atoms. The number of phenolic OH excluding ortho intramolecular Hbond substituents is 1. The average molecular weight is 698 g/mol. The third-order valence-corrected chi connectivity index (χ3v) is 12.7. The molecule has 49 heavy (non-hydrogen) atoms. The van der Waals surface area contributed by atoms with Gasteiger partial charge in [0.2, 0.25) is 11.8 Å². The molecule has 3 N–H and O–H groups in total. The van der Waals surface area contributed by atoms with Gasteiger partial charge in [0, 0.05) is 21.7 Å². The van der Waals surface area contributed by atoms with Crippen LogP contribution in [0.5, 0.6) is 11.5 Å². The Bertz CT molecular complexity index is 2020. The summed E-state index contributed by atoms with van der Waals surface area (Å²) in [6.07, 6.45) is 0.762. The normalized spacial score (nSPS) is 26.2. The van der Waals surface area contributed by atoms with E-state index in [-0.39, 0.29) is 70.5 Å². The zero-order chi connectivity index (χ0) is 34.0. The molecule has 2 aliphatic heterocycles. The maximum atomic E-state index is 14.1. The van der Waals surface area contributed by atoms with E-state index in [1.807, 2.05) is 12.1 Å². The third-order valence-electron chi connectivity index (χ3n) is 10.1. The Balaban J connectivity index is 1.03. The number of imide groups is 1. The van der Waals surface area contributed by atoms with E-state index >= 15 is 0 Å². The zero-order valence-corrected chi connectivity index (χ0v) is 27.8. The molecule has 1 aromatic heterocycles. The monoisotopic (exact) mass is 697 g/mol. The number of aromatic hydroxyl groups is 1. The summed E-state index contributed by atoms with van der Waals surface area (Å²) in [5.41, 5.74) is 2.31. The number of carbonyl (C=O) groups excluding carboxylic acids is 4. The number of nitrogens with zero attached hydrogens (tertiary/aromatic N) is 1. The molecule has 3 heterocycles. The van der Waals surface area contributed by atoms with Gasteiger partial charge < -0.3 is 24.9 Å². The lowest BCUT2D eigenvalue weighted by atomic mass is 9.68. The van der Waals surface area contributed by atoms with Crippen LogP contribution in [0.15, 0.2) is 82.6 Å². The third kappa shape index (κ3) is 5.32. The van der Waals surface area contributed by atoms with Crippen molar-refractivity contribution in [2.24, 2.45) is 29.6 Å². The molecule has 8 rings (SSSR count).